The lowest BCUT2D eigenvalue weighted by Crippen LogP contribution is -2.44. The lowest BCUT2D eigenvalue weighted by Gasteiger charge is -2.32. The van der Waals surface area contributed by atoms with Crippen LogP contribution in [0.15, 0.2) is 18.2 Å². The molecule has 7 heteroatoms. The molecular formula is C16H22ClN3O3. The monoisotopic (exact) mass is 339 g/mol. The maximum absolute atomic E-state index is 10.8. The molecule has 0 radical (unpaired) electrons. The first-order valence-corrected chi connectivity index (χ1v) is 8.52. The molecule has 0 aliphatic carbocycles. The van der Waals surface area contributed by atoms with E-state index in [1.54, 1.807) is 6.07 Å². The molecule has 2 saturated heterocycles. The van der Waals surface area contributed by atoms with Crippen molar-refractivity contribution in [3.05, 3.63) is 33.3 Å². The molecule has 0 saturated carbocycles. The van der Waals surface area contributed by atoms with Crippen LogP contribution in [0.25, 0.3) is 0 Å². The summed E-state index contributed by atoms with van der Waals surface area (Å²) in [4.78, 5) is 12.9. The Labute approximate surface area is 140 Å². The van der Waals surface area contributed by atoms with E-state index in [1.165, 1.54) is 25.0 Å². The van der Waals surface area contributed by atoms with Gasteiger partial charge in [0.1, 0.15) is 0 Å². The first-order valence-electron chi connectivity index (χ1n) is 8.15. The van der Waals surface area contributed by atoms with Gasteiger partial charge in [0.2, 0.25) is 0 Å². The number of hydrogen-bond acceptors (Lipinski definition) is 5. The van der Waals surface area contributed by atoms with Crippen LogP contribution in [0.2, 0.25) is 5.02 Å². The number of nitro groups is 1. The quantitative estimate of drug-likeness (QED) is 0.637. The maximum Gasteiger partial charge on any atom is 0.271 e. The van der Waals surface area contributed by atoms with Gasteiger partial charge < -0.3 is 10.1 Å². The maximum atomic E-state index is 10.8. The number of nitro benzene ring substituents is 1. The Kier molecular flexibility index (Phi) is 5.35. The summed E-state index contributed by atoms with van der Waals surface area (Å²) in [6.45, 7) is 4.71. The molecular weight excluding hydrogens is 318 g/mol. The first kappa shape index (κ1) is 16.5. The third-order valence-corrected chi connectivity index (χ3v) is 5.10. The van der Waals surface area contributed by atoms with Gasteiger partial charge in [-0.2, -0.15) is 0 Å². The average Bonchev–Trinajstić information content (AvgIpc) is 3.22. The summed E-state index contributed by atoms with van der Waals surface area (Å²) in [5.41, 5.74) is 0.765. The Morgan fingerprint density at radius 2 is 2.22 bits per heavy atom. The van der Waals surface area contributed by atoms with Crippen molar-refractivity contribution in [2.45, 2.75) is 25.3 Å². The molecule has 6 nitrogen and oxygen atoms in total. The molecule has 3 rings (SSSR count). The van der Waals surface area contributed by atoms with Crippen LogP contribution in [-0.2, 0) is 4.74 Å². The van der Waals surface area contributed by atoms with Gasteiger partial charge in [-0.15, -0.1) is 0 Å². The van der Waals surface area contributed by atoms with Gasteiger partial charge in [0.15, 0.2) is 0 Å². The van der Waals surface area contributed by atoms with Crippen LogP contribution in [-0.4, -0.2) is 48.7 Å². The van der Waals surface area contributed by atoms with Crippen LogP contribution < -0.4 is 5.32 Å². The molecule has 2 aliphatic rings. The fourth-order valence-electron chi connectivity index (χ4n) is 3.50. The Morgan fingerprint density at radius 1 is 1.43 bits per heavy atom. The number of hydrogen-bond donors (Lipinski definition) is 1. The molecule has 1 aromatic rings. The Bertz CT molecular complexity index is 542. The van der Waals surface area contributed by atoms with Crippen molar-refractivity contribution in [2.75, 3.05) is 38.2 Å². The lowest BCUT2D eigenvalue weighted by molar-refractivity contribution is -0.384. The lowest BCUT2D eigenvalue weighted by atomic mass is 9.97. The molecule has 2 fully saturated rings. The summed E-state index contributed by atoms with van der Waals surface area (Å²) in [7, 11) is 0. The van der Waals surface area contributed by atoms with E-state index >= 15 is 0 Å². The second-order valence-corrected chi connectivity index (χ2v) is 6.64. The Balaban J connectivity index is 1.67. The fraction of sp³-hybridized carbons (Fsp3) is 0.625. The molecule has 0 amide bonds. The predicted octanol–water partition coefficient (Wildman–Crippen LogP) is 3.16. The van der Waals surface area contributed by atoms with E-state index in [1.807, 2.05) is 0 Å². The minimum absolute atomic E-state index is 0.0147. The third kappa shape index (κ3) is 3.94. The van der Waals surface area contributed by atoms with Crippen LogP contribution in [0.1, 0.15) is 19.3 Å². The van der Waals surface area contributed by atoms with Gasteiger partial charge in [0.25, 0.3) is 5.69 Å². The van der Waals surface area contributed by atoms with Gasteiger partial charge in [0.05, 0.1) is 22.2 Å². The van der Waals surface area contributed by atoms with E-state index in [9.17, 15) is 10.1 Å². The molecule has 0 bridgehead atoms. The number of benzene rings is 1. The highest BCUT2D eigenvalue weighted by Gasteiger charge is 2.31. The summed E-state index contributed by atoms with van der Waals surface area (Å²) in [6.07, 6.45) is 3.60. The van der Waals surface area contributed by atoms with E-state index < -0.39 is 4.92 Å². The van der Waals surface area contributed by atoms with Gasteiger partial charge in [-0.1, -0.05) is 11.6 Å². The standard InChI is InChI=1S/C16H22ClN3O3/c17-14-9-13(20(21)22)3-4-15(14)18-10-16(12-5-8-23-11-12)19-6-1-2-7-19/h3-4,9,12,16,18H,1-2,5-8,10-11H2/t12-,16-/m1/s1. The van der Waals surface area contributed by atoms with Crippen molar-refractivity contribution in [1.82, 2.24) is 4.90 Å². The second kappa shape index (κ2) is 7.47. The number of anilines is 1. The molecule has 2 aliphatic heterocycles. The smallest absolute Gasteiger partial charge is 0.271 e. The molecule has 2 atom stereocenters. The Morgan fingerprint density at radius 3 is 2.83 bits per heavy atom. The van der Waals surface area contributed by atoms with Crippen LogP contribution in [0.3, 0.4) is 0 Å². The summed E-state index contributed by atoms with van der Waals surface area (Å²) in [6, 6.07) is 4.99. The van der Waals surface area contributed by atoms with Crippen LogP contribution in [0.4, 0.5) is 11.4 Å². The molecule has 126 valence electrons. The van der Waals surface area contributed by atoms with E-state index in [0.717, 1.165) is 45.0 Å². The molecule has 1 N–H and O–H groups in total. The Hall–Kier alpha value is -1.37. The topological polar surface area (TPSA) is 67.6 Å². The van der Waals surface area contributed by atoms with Gasteiger partial charge in [0, 0.05) is 37.2 Å². The molecule has 0 unspecified atom stereocenters. The molecule has 0 aromatic heterocycles. The summed E-state index contributed by atoms with van der Waals surface area (Å²) in [5, 5.41) is 14.6. The average molecular weight is 340 g/mol. The normalized spacial score (nSPS) is 23.1. The second-order valence-electron chi connectivity index (χ2n) is 6.24. The van der Waals surface area contributed by atoms with Crippen molar-refractivity contribution in [1.29, 1.82) is 0 Å². The number of nitrogens with one attached hydrogen (secondary N) is 1. The minimum Gasteiger partial charge on any atom is -0.382 e. The van der Waals surface area contributed by atoms with Gasteiger partial charge in [-0.05, 0) is 38.4 Å². The zero-order valence-corrected chi connectivity index (χ0v) is 13.8. The van der Waals surface area contributed by atoms with E-state index in [-0.39, 0.29) is 5.69 Å². The highest BCUT2D eigenvalue weighted by molar-refractivity contribution is 6.33. The van der Waals surface area contributed by atoms with Gasteiger partial charge >= 0.3 is 0 Å². The molecule has 0 spiro atoms. The molecule has 2 heterocycles. The van der Waals surface area contributed by atoms with Crippen molar-refractivity contribution >= 4 is 23.0 Å². The number of nitrogens with zero attached hydrogens (tertiary/aromatic N) is 2. The predicted molar refractivity (Wildman–Crippen MR) is 90.1 cm³/mol. The van der Waals surface area contributed by atoms with E-state index in [0.29, 0.717) is 17.0 Å². The SMILES string of the molecule is O=[N+]([O-])c1ccc(NC[C@H]([C@@H]2CCOC2)N2CCCC2)c(Cl)c1. The number of non-ortho nitro benzene ring substituents is 1. The highest BCUT2D eigenvalue weighted by atomic mass is 35.5. The van der Waals surface area contributed by atoms with Crippen LogP contribution in [0.5, 0.6) is 0 Å². The van der Waals surface area contributed by atoms with Crippen molar-refractivity contribution in [3.8, 4) is 0 Å². The minimum atomic E-state index is -0.432. The van der Waals surface area contributed by atoms with Crippen molar-refractivity contribution in [3.63, 3.8) is 0 Å². The van der Waals surface area contributed by atoms with Crippen molar-refractivity contribution < 1.29 is 9.66 Å². The first-order chi connectivity index (χ1) is 11.1. The zero-order valence-electron chi connectivity index (χ0n) is 13.0. The number of ether oxygens (including phenoxy) is 1. The third-order valence-electron chi connectivity index (χ3n) is 4.78. The highest BCUT2D eigenvalue weighted by Crippen LogP contribution is 2.29. The largest absolute Gasteiger partial charge is 0.382 e. The van der Waals surface area contributed by atoms with E-state index in [2.05, 4.69) is 10.2 Å². The summed E-state index contributed by atoms with van der Waals surface area (Å²) >= 11 is 6.17. The number of rotatable bonds is 6. The van der Waals surface area contributed by atoms with E-state index in [4.69, 9.17) is 16.3 Å². The number of likely N-dealkylation sites (tertiary alicyclic amines) is 1. The number of halogens is 1. The fourth-order valence-corrected chi connectivity index (χ4v) is 3.74. The van der Waals surface area contributed by atoms with Crippen molar-refractivity contribution in [2.24, 2.45) is 5.92 Å². The van der Waals surface area contributed by atoms with Crippen LogP contribution >= 0.6 is 11.6 Å². The molecule has 1 aromatic carbocycles. The van der Waals surface area contributed by atoms with Crippen LogP contribution in [0, 0.1) is 16.0 Å². The van der Waals surface area contributed by atoms with Gasteiger partial charge in [-0.3, -0.25) is 15.0 Å². The molecule has 23 heavy (non-hydrogen) atoms. The zero-order chi connectivity index (χ0) is 16.2. The summed E-state index contributed by atoms with van der Waals surface area (Å²) < 4.78 is 5.56. The van der Waals surface area contributed by atoms with Gasteiger partial charge in [-0.25, -0.2) is 0 Å². The summed E-state index contributed by atoms with van der Waals surface area (Å²) in [5.74, 6) is 0.539.